The normalized spacial score (nSPS) is 12.6. The standard InChI is InChI=1S/C14H18F2N4O/c1-3-17-12(8-10-9-20(2)19-18-10)11-6-4-5-7-13(11)21-14(15)16/h4-7,9,12,14,17H,3,8H2,1-2H3. The molecule has 7 heteroatoms. The number of alkyl halides is 2. The molecule has 2 aromatic rings. The molecule has 1 aromatic carbocycles. The Bertz CT molecular complexity index is 574. The van der Waals surface area contributed by atoms with Crippen molar-refractivity contribution < 1.29 is 13.5 Å². The Balaban J connectivity index is 2.24. The summed E-state index contributed by atoms with van der Waals surface area (Å²) in [5.74, 6) is 0.183. The van der Waals surface area contributed by atoms with Gasteiger partial charge >= 0.3 is 6.61 Å². The summed E-state index contributed by atoms with van der Waals surface area (Å²) in [5.41, 5.74) is 1.47. The molecule has 0 amide bonds. The van der Waals surface area contributed by atoms with Crippen LogP contribution in [0, 0.1) is 0 Å². The summed E-state index contributed by atoms with van der Waals surface area (Å²) < 4.78 is 31.2. The van der Waals surface area contributed by atoms with Crippen LogP contribution in [0.3, 0.4) is 0 Å². The van der Waals surface area contributed by atoms with E-state index in [-0.39, 0.29) is 11.8 Å². The molecule has 2 rings (SSSR count). The van der Waals surface area contributed by atoms with E-state index in [2.05, 4.69) is 20.4 Å². The lowest BCUT2D eigenvalue weighted by Gasteiger charge is -2.20. The summed E-state index contributed by atoms with van der Waals surface area (Å²) in [5, 5.41) is 11.2. The van der Waals surface area contributed by atoms with Gasteiger partial charge in [0, 0.05) is 31.3 Å². The van der Waals surface area contributed by atoms with Crippen molar-refractivity contribution in [2.75, 3.05) is 6.54 Å². The predicted octanol–water partition coefficient (Wildman–Crippen LogP) is 2.31. The van der Waals surface area contributed by atoms with Crippen LogP contribution in [0.15, 0.2) is 30.5 Å². The molecule has 1 atom stereocenters. The van der Waals surface area contributed by atoms with Crippen molar-refractivity contribution in [3.63, 3.8) is 0 Å². The molecule has 0 saturated carbocycles. The summed E-state index contributed by atoms with van der Waals surface area (Å²) in [7, 11) is 1.78. The number of aryl methyl sites for hydroxylation is 1. The topological polar surface area (TPSA) is 52.0 Å². The monoisotopic (exact) mass is 296 g/mol. The summed E-state index contributed by atoms with van der Waals surface area (Å²) in [4.78, 5) is 0. The minimum Gasteiger partial charge on any atom is -0.434 e. The van der Waals surface area contributed by atoms with Crippen molar-refractivity contribution in [3.05, 3.63) is 41.7 Å². The van der Waals surface area contributed by atoms with Crippen molar-refractivity contribution >= 4 is 0 Å². The first-order valence-electron chi connectivity index (χ1n) is 6.72. The van der Waals surface area contributed by atoms with Crippen LogP contribution in [0.4, 0.5) is 8.78 Å². The number of hydrogen-bond donors (Lipinski definition) is 1. The Hall–Kier alpha value is -2.02. The van der Waals surface area contributed by atoms with Crippen molar-refractivity contribution in [2.24, 2.45) is 7.05 Å². The molecule has 0 radical (unpaired) electrons. The lowest BCUT2D eigenvalue weighted by atomic mass is 10.0. The maximum Gasteiger partial charge on any atom is 0.387 e. The van der Waals surface area contributed by atoms with Gasteiger partial charge in [0.2, 0.25) is 0 Å². The van der Waals surface area contributed by atoms with Crippen molar-refractivity contribution in [2.45, 2.75) is 26.0 Å². The Morgan fingerprint density at radius 3 is 2.71 bits per heavy atom. The zero-order chi connectivity index (χ0) is 15.2. The molecule has 0 spiro atoms. The Labute approximate surface area is 121 Å². The number of ether oxygens (including phenoxy) is 1. The van der Waals surface area contributed by atoms with E-state index in [9.17, 15) is 8.78 Å². The van der Waals surface area contributed by atoms with E-state index in [0.717, 1.165) is 5.69 Å². The fourth-order valence-electron chi connectivity index (χ4n) is 2.21. The van der Waals surface area contributed by atoms with Crippen LogP contribution in [0.1, 0.15) is 24.2 Å². The van der Waals surface area contributed by atoms with Crippen molar-refractivity contribution in [3.8, 4) is 5.75 Å². The molecule has 1 N–H and O–H groups in total. The van der Waals surface area contributed by atoms with Gasteiger partial charge in [-0.3, -0.25) is 4.68 Å². The number of rotatable bonds is 7. The van der Waals surface area contributed by atoms with Gasteiger partial charge in [-0.2, -0.15) is 8.78 Å². The second-order valence-corrected chi connectivity index (χ2v) is 4.61. The molecule has 1 unspecified atom stereocenters. The summed E-state index contributed by atoms with van der Waals surface area (Å²) >= 11 is 0. The lowest BCUT2D eigenvalue weighted by molar-refractivity contribution is -0.0507. The van der Waals surface area contributed by atoms with E-state index >= 15 is 0 Å². The SMILES string of the molecule is CCNC(Cc1cn(C)nn1)c1ccccc1OC(F)F. The number of hydrogen-bond acceptors (Lipinski definition) is 4. The highest BCUT2D eigenvalue weighted by atomic mass is 19.3. The third-order valence-corrected chi connectivity index (χ3v) is 3.02. The van der Waals surface area contributed by atoms with E-state index in [1.807, 2.05) is 6.92 Å². The quantitative estimate of drug-likeness (QED) is 0.852. The largest absolute Gasteiger partial charge is 0.434 e. The van der Waals surface area contributed by atoms with Gasteiger partial charge in [0.15, 0.2) is 0 Å². The Morgan fingerprint density at radius 2 is 2.10 bits per heavy atom. The molecule has 0 aliphatic carbocycles. The maximum atomic E-state index is 12.5. The highest BCUT2D eigenvalue weighted by Gasteiger charge is 2.19. The molecule has 1 heterocycles. The second kappa shape index (κ2) is 7.12. The zero-order valence-corrected chi connectivity index (χ0v) is 12.0. The first-order chi connectivity index (χ1) is 10.1. The molecule has 0 fully saturated rings. The third kappa shape index (κ3) is 4.22. The van der Waals surface area contributed by atoms with Gasteiger partial charge in [-0.25, -0.2) is 0 Å². The molecule has 1 aromatic heterocycles. The first-order valence-corrected chi connectivity index (χ1v) is 6.72. The fraction of sp³-hybridized carbons (Fsp3) is 0.429. The lowest BCUT2D eigenvalue weighted by Crippen LogP contribution is -2.24. The number of para-hydroxylation sites is 1. The van der Waals surface area contributed by atoms with E-state index in [1.165, 1.54) is 0 Å². The second-order valence-electron chi connectivity index (χ2n) is 4.61. The minimum atomic E-state index is -2.84. The fourth-order valence-corrected chi connectivity index (χ4v) is 2.21. The van der Waals surface area contributed by atoms with Crippen LogP contribution in [0.5, 0.6) is 5.75 Å². The van der Waals surface area contributed by atoms with Gasteiger partial charge in [0.1, 0.15) is 5.75 Å². The number of benzene rings is 1. The van der Waals surface area contributed by atoms with Gasteiger partial charge in [-0.15, -0.1) is 5.10 Å². The third-order valence-electron chi connectivity index (χ3n) is 3.02. The highest BCUT2D eigenvalue weighted by Crippen LogP contribution is 2.28. The van der Waals surface area contributed by atoms with Gasteiger partial charge < -0.3 is 10.1 Å². The van der Waals surface area contributed by atoms with Gasteiger partial charge in [0.25, 0.3) is 0 Å². The maximum absolute atomic E-state index is 12.5. The van der Waals surface area contributed by atoms with Crippen LogP contribution in [-0.4, -0.2) is 28.2 Å². The van der Waals surface area contributed by atoms with Gasteiger partial charge in [-0.1, -0.05) is 30.3 Å². The van der Waals surface area contributed by atoms with Crippen LogP contribution >= 0.6 is 0 Å². The van der Waals surface area contributed by atoms with Crippen LogP contribution in [-0.2, 0) is 13.5 Å². The molecule has 0 aliphatic rings. The van der Waals surface area contributed by atoms with Crippen LogP contribution < -0.4 is 10.1 Å². The first kappa shape index (κ1) is 15.4. The molecular formula is C14H18F2N4O. The summed E-state index contributed by atoms with van der Waals surface area (Å²) in [6, 6.07) is 6.63. The molecule has 0 aliphatic heterocycles. The summed E-state index contributed by atoms with van der Waals surface area (Å²) in [6.07, 6.45) is 2.35. The Morgan fingerprint density at radius 1 is 1.33 bits per heavy atom. The van der Waals surface area contributed by atoms with E-state index in [1.54, 1.807) is 42.2 Å². The average molecular weight is 296 g/mol. The number of nitrogens with one attached hydrogen (secondary N) is 1. The highest BCUT2D eigenvalue weighted by molar-refractivity contribution is 5.36. The molecule has 0 bridgehead atoms. The number of nitrogens with zero attached hydrogens (tertiary/aromatic N) is 3. The van der Waals surface area contributed by atoms with Crippen molar-refractivity contribution in [1.29, 1.82) is 0 Å². The van der Waals surface area contributed by atoms with E-state index in [4.69, 9.17) is 0 Å². The Kier molecular flexibility index (Phi) is 5.21. The zero-order valence-electron chi connectivity index (χ0n) is 12.0. The molecule has 0 saturated heterocycles. The number of aromatic nitrogens is 3. The number of halogens is 2. The van der Waals surface area contributed by atoms with Crippen molar-refractivity contribution in [1.82, 2.24) is 20.3 Å². The predicted molar refractivity (Wildman–Crippen MR) is 74.2 cm³/mol. The van der Waals surface area contributed by atoms with Gasteiger partial charge in [-0.05, 0) is 12.6 Å². The van der Waals surface area contributed by atoms with E-state index in [0.29, 0.717) is 18.5 Å². The molecule has 21 heavy (non-hydrogen) atoms. The van der Waals surface area contributed by atoms with Gasteiger partial charge in [0.05, 0.1) is 5.69 Å². The summed E-state index contributed by atoms with van der Waals surface area (Å²) in [6.45, 7) is -0.182. The number of likely N-dealkylation sites (N-methyl/N-ethyl adjacent to an activating group) is 1. The molecule has 5 nitrogen and oxygen atoms in total. The average Bonchev–Trinajstić information content (AvgIpc) is 2.84. The molecule has 114 valence electrons. The van der Waals surface area contributed by atoms with Crippen LogP contribution in [0.25, 0.3) is 0 Å². The van der Waals surface area contributed by atoms with E-state index < -0.39 is 6.61 Å². The smallest absolute Gasteiger partial charge is 0.387 e. The van der Waals surface area contributed by atoms with Crippen LogP contribution in [0.2, 0.25) is 0 Å². The molecular weight excluding hydrogens is 278 g/mol. The minimum absolute atomic E-state index is 0.165.